The van der Waals surface area contributed by atoms with Crippen molar-refractivity contribution in [2.45, 2.75) is 24.4 Å². The molecule has 0 nitrogen and oxygen atoms in total. The fourth-order valence-corrected chi connectivity index (χ4v) is 3.71. The van der Waals surface area contributed by atoms with Crippen LogP contribution in [0.2, 0.25) is 10.6 Å². The maximum absolute atomic E-state index is 2.36. The number of hydrogen-bond acceptors (Lipinski definition) is 0. The summed E-state index contributed by atoms with van der Waals surface area (Å²) < 4.78 is 0. The van der Waals surface area contributed by atoms with Crippen LogP contribution in [0.4, 0.5) is 0 Å². The monoisotopic (exact) mass is 187 g/mol. The Balaban J connectivity index is 2.09. The molecule has 1 unspecified atom stereocenters. The molecule has 0 bridgehead atoms. The van der Waals surface area contributed by atoms with Gasteiger partial charge in [0, 0.05) is 0 Å². The van der Waals surface area contributed by atoms with Crippen LogP contribution < -0.4 is 0 Å². The lowest BCUT2D eigenvalue weighted by molar-refractivity contribution is 0.883. The molecule has 0 heterocycles. The van der Waals surface area contributed by atoms with Crippen molar-refractivity contribution in [3.63, 3.8) is 0 Å². The van der Waals surface area contributed by atoms with Gasteiger partial charge in [0.2, 0.25) is 0 Å². The zero-order valence-corrected chi connectivity index (χ0v) is 9.35. The zero-order chi connectivity index (χ0) is 9.31. The first-order valence-corrected chi connectivity index (χ1v) is 6.03. The molecule has 1 radical (unpaired) electrons. The molecular weight excluding hydrogens is 172 g/mol. The fourth-order valence-electron chi connectivity index (χ4n) is 1.85. The van der Waals surface area contributed by atoms with Crippen molar-refractivity contribution in [3.05, 3.63) is 48.1 Å². The molecule has 0 amide bonds. The Kier molecular flexibility index (Phi) is 2.12. The molecule has 2 aliphatic rings. The van der Waals surface area contributed by atoms with Crippen LogP contribution in [0.1, 0.15) is 13.8 Å². The van der Waals surface area contributed by atoms with Crippen LogP contribution >= 0.6 is 0 Å². The molecule has 1 heteroatoms. The molecule has 2 rings (SSSR count). The van der Waals surface area contributed by atoms with Gasteiger partial charge in [0.1, 0.15) is 0 Å². The highest BCUT2D eigenvalue weighted by atomic mass is 28.2. The van der Waals surface area contributed by atoms with E-state index >= 15 is 0 Å². The van der Waals surface area contributed by atoms with E-state index in [-0.39, 0.29) is 0 Å². The molecule has 0 fully saturated rings. The second-order valence-corrected chi connectivity index (χ2v) is 6.31. The molecule has 0 N–H and O–H groups in total. The van der Waals surface area contributed by atoms with Crippen molar-refractivity contribution < 1.29 is 0 Å². The zero-order valence-electron chi connectivity index (χ0n) is 8.20. The molecule has 0 spiro atoms. The Hall–Kier alpha value is -0.823. The van der Waals surface area contributed by atoms with Gasteiger partial charge in [0.25, 0.3) is 0 Å². The van der Waals surface area contributed by atoms with E-state index in [2.05, 4.69) is 56.4 Å². The third kappa shape index (κ3) is 1.61. The molecule has 0 saturated heterocycles. The van der Waals surface area contributed by atoms with E-state index in [1.165, 1.54) is 5.57 Å². The van der Waals surface area contributed by atoms with E-state index in [0.29, 0.717) is 14.6 Å². The molecule has 0 aromatic rings. The Morgan fingerprint density at radius 3 is 2.46 bits per heavy atom. The van der Waals surface area contributed by atoms with Crippen molar-refractivity contribution in [3.8, 4) is 0 Å². The normalized spacial score (nSPS) is 31.7. The summed E-state index contributed by atoms with van der Waals surface area (Å²) in [4.78, 5) is 0. The van der Waals surface area contributed by atoms with E-state index in [1.807, 2.05) is 0 Å². The van der Waals surface area contributed by atoms with Gasteiger partial charge in [-0.05, 0) is 17.5 Å². The van der Waals surface area contributed by atoms with Crippen LogP contribution in [0.5, 0.6) is 0 Å². The van der Waals surface area contributed by atoms with Gasteiger partial charge in [-0.15, -0.1) is 0 Å². The van der Waals surface area contributed by atoms with Crippen molar-refractivity contribution in [2.24, 2.45) is 0 Å². The van der Waals surface area contributed by atoms with Gasteiger partial charge in [-0.1, -0.05) is 55.0 Å². The molecule has 13 heavy (non-hydrogen) atoms. The molecule has 0 aromatic heterocycles. The Labute approximate surface area is 82.6 Å². The SMILES string of the molecule is CC1=CC=CC1(C)[SiH]C1C=CC=C1. The van der Waals surface area contributed by atoms with E-state index in [9.17, 15) is 0 Å². The Bertz CT molecular complexity index is 308. The van der Waals surface area contributed by atoms with E-state index in [0.717, 1.165) is 5.54 Å². The van der Waals surface area contributed by atoms with Crippen LogP contribution in [0.15, 0.2) is 48.1 Å². The molecule has 0 aliphatic heterocycles. The summed E-state index contributed by atoms with van der Waals surface area (Å²) in [6.07, 6.45) is 15.8. The minimum absolute atomic E-state index is 0.379. The summed E-state index contributed by atoms with van der Waals surface area (Å²) in [7, 11) is 0.418. The van der Waals surface area contributed by atoms with Crippen LogP contribution in [0.3, 0.4) is 0 Å². The standard InChI is InChI=1S/C12H15Si/c1-10-6-5-9-12(10,2)13-11-7-3-4-8-11/h3-9,11,13H,1-2H3. The van der Waals surface area contributed by atoms with E-state index in [4.69, 9.17) is 0 Å². The first kappa shape index (κ1) is 8.76. The third-order valence-corrected chi connectivity index (χ3v) is 5.12. The minimum Gasteiger partial charge on any atom is -0.0809 e. The lowest BCUT2D eigenvalue weighted by Crippen LogP contribution is -2.16. The predicted octanol–water partition coefficient (Wildman–Crippen LogP) is 3.03. The number of allylic oxidation sites excluding steroid dienone is 8. The van der Waals surface area contributed by atoms with E-state index in [1.54, 1.807) is 0 Å². The molecular formula is C12H15Si. The van der Waals surface area contributed by atoms with Crippen molar-refractivity contribution >= 4 is 9.52 Å². The summed E-state index contributed by atoms with van der Waals surface area (Å²) in [6, 6.07) is 0. The molecule has 1 atom stereocenters. The van der Waals surface area contributed by atoms with Gasteiger partial charge in [-0.25, -0.2) is 0 Å². The summed E-state index contributed by atoms with van der Waals surface area (Å²) in [5.41, 5.74) is 2.24. The average molecular weight is 187 g/mol. The number of rotatable bonds is 2. The largest absolute Gasteiger partial charge is 0.0809 e. The van der Waals surface area contributed by atoms with Gasteiger partial charge in [-0.3, -0.25) is 0 Å². The average Bonchev–Trinajstić information content (AvgIpc) is 2.65. The summed E-state index contributed by atoms with van der Waals surface area (Å²) >= 11 is 0. The maximum Gasteiger partial charge on any atom is 0.0586 e. The van der Waals surface area contributed by atoms with Gasteiger partial charge in [-0.2, -0.15) is 0 Å². The fraction of sp³-hybridized carbons (Fsp3) is 0.333. The number of hydrogen-bond donors (Lipinski definition) is 0. The summed E-state index contributed by atoms with van der Waals surface area (Å²) in [6.45, 7) is 4.60. The van der Waals surface area contributed by atoms with Crippen molar-refractivity contribution in [1.82, 2.24) is 0 Å². The van der Waals surface area contributed by atoms with E-state index < -0.39 is 0 Å². The summed E-state index contributed by atoms with van der Waals surface area (Å²) in [5, 5.41) is 0.379. The topological polar surface area (TPSA) is 0 Å². The van der Waals surface area contributed by atoms with Crippen LogP contribution in [0, 0.1) is 0 Å². The highest BCUT2D eigenvalue weighted by molar-refractivity contribution is 6.46. The second-order valence-electron chi connectivity index (χ2n) is 4.01. The highest BCUT2D eigenvalue weighted by Gasteiger charge is 2.28. The third-order valence-electron chi connectivity index (χ3n) is 2.95. The van der Waals surface area contributed by atoms with Gasteiger partial charge in [0.05, 0.1) is 9.52 Å². The van der Waals surface area contributed by atoms with Crippen molar-refractivity contribution in [1.29, 1.82) is 0 Å². The first-order valence-electron chi connectivity index (χ1n) is 4.78. The lowest BCUT2D eigenvalue weighted by atomic mass is 10.1. The van der Waals surface area contributed by atoms with Gasteiger partial charge in [0.15, 0.2) is 0 Å². The van der Waals surface area contributed by atoms with Crippen LogP contribution in [-0.4, -0.2) is 9.52 Å². The second kappa shape index (κ2) is 3.15. The van der Waals surface area contributed by atoms with Crippen LogP contribution in [0.25, 0.3) is 0 Å². The quantitative estimate of drug-likeness (QED) is 0.583. The minimum atomic E-state index is 0.379. The Morgan fingerprint density at radius 1 is 1.23 bits per heavy atom. The van der Waals surface area contributed by atoms with Crippen LogP contribution in [-0.2, 0) is 0 Å². The molecule has 0 aromatic carbocycles. The maximum atomic E-state index is 2.36. The predicted molar refractivity (Wildman–Crippen MR) is 60.4 cm³/mol. The van der Waals surface area contributed by atoms with Gasteiger partial charge < -0.3 is 0 Å². The molecule has 0 saturated carbocycles. The smallest absolute Gasteiger partial charge is 0.0586 e. The first-order chi connectivity index (χ1) is 6.21. The highest BCUT2D eigenvalue weighted by Crippen LogP contribution is 2.42. The van der Waals surface area contributed by atoms with Gasteiger partial charge >= 0.3 is 0 Å². The lowest BCUT2D eigenvalue weighted by Gasteiger charge is -2.25. The Morgan fingerprint density at radius 2 is 1.92 bits per heavy atom. The molecule has 2 aliphatic carbocycles. The summed E-state index contributed by atoms with van der Waals surface area (Å²) in [5.74, 6) is 0. The molecule has 67 valence electrons. The van der Waals surface area contributed by atoms with Crippen molar-refractivity contribution in [2.75, 3.05) is 0 Å².